The van der Waals surface area contributed by atoms with Crippen molar-refractivity contribution >= 4 is 11.9 Å². The normalized spacial score (nSPS) is 10.7. The first-order chi connectivity index (χ1) is 12.1. The van der Waals surface area contributed by atoms with Gasteiger partial charge in [-0.3, -0.25) is 20.6 Å². The Morgan fingerprint density at radius 1 is 1.12 bits per heavy atom. The molecule has 1 aromatic carbocycles. The second kappa shape index (κ2) is 8.92. The van der Waals surface area contributed by atoms with Gasteiger partial charge in [-0.25, -0.2) is 4.79 Å². The molecule has 3 N–H and O–H groups in total. The van der Waals surface area contributed by atoms with Crippen LogP contribution < -0.4 is 20.3 Å². The number of ether oxygens (including phenoxy) is 2. The van der Waals surface area contributed by atoms with E-state index < -0.39 is 12.6 Å². The number of nitrogens with one attached hydrogen (secondary N) is 2. The third-order valence-electron chi connectivity index (χ3n) is 2.88. The molecule has 130 valence electrons. The fourth-order valence-corrected chi connectivity index (χ4v) is 1.72. The van der Waals surface area contributed by atoms with E-state index in [2.05, 4.69) is 15.8 Å². The number of hydrogen-bond acceptors (Lipinski definition) is 6. The van der Waals surface area contributed by atoms with Crippen molar-refractivity contribution in [2.45, 2.75) is 6.92 Å². The first kappa shape index (κ1) is 17.8. The highest BCUT2D eigenvalue weighted by molar-refractivity contribution is 5.93. The molecule has 25 heavy (non-hydrogen) atoms. The van der Waals surface area contributed by atoms with Gasteiger partial charge in [-0.15, -0.1) is 0 Å². The molecule has 0 atom stereocenters. The SMILES string of the molecule is C/C(=C/Oc1ccccc1OCC(=O)O)NNC(=O)c1ccncc1. The van der Waals surface area contributed by atoms with E-state index in [0.717, 1.165) is 0 Å². The van der Waals surface area contributed by atoms with Crippen molar-refractivity contribution in [1.29, 1.82) is 0 Å². The Hall–Kier alpha value is -3.55. The first-order valence-electron chi connectivity index (χ1n) is 7.29. The van der Waals surface area contributed by atoms with Crippen molar-refractivity contribution in [3.63, 3.8) is 0 Å². The van der Waals surface area contributed by atoms with Crippen LogP contribution in [0.1, 0.15) is 17.3 Å². The average molecular weight is 343 g/mol. The average Bonchev–Trinajstić information content (AvgIpc) is 2.64. The van der Waals surface area contributed by atoms with Crippen molar-refractivity contribution < 1.29 is 24.2 Å². The minimum absolute atomic E-state index is 0.301. The highest BCUT2D eigenvalue weighted by atomic mass is 16.5. The smallest absolute Gasteiger partial charge is 0.341 e. The maximum Gasteiger partial charge on any atom is 0.341 e. The van der Waals surface area contributed by atoms with Gasteiger partial charge in [0.1, 0.15) is 6.26 Å². The summed E-state index contributed by atoms with van der Waals surface area (Å²) in [7, 11) is 0. The molecule has 2 aromatic rings. The van der Waals surface area contributed by atoms with E-state index in [4.69, 9.17) is 14.6 Å². The molecule has 8 nitrogen and oxygen atoms in total. The number of amides is 1. The maximum atomic E-state index is 11.9. The fourth-order valence-electron chi connectivity index (χ4n) is 1.72. The van der Waals surface area contributed by atoms with Crippen LogP contribution in [0, 0.1) is 0 Å². The van der Waals surface area contributed by atoms with Gasteiger partial charge >= 0.3 is 5.97 Å². The number of allylic oxidation sites excluding steroid dienone is 1. The molecular formula is C17H17N3O5. The van der Waals surface area contributed by atoms with Crippen LogP contribution in [0.3, 0.4) is 0 Å². The zero-order chi connectivity index (χ0) is 18.1. The van der Waals surface area contributed by atoms with Crippen LogP contribution in [0.15, 0.2) is 60.8 Å². The number of carbonyl (C=O) groups is 2. The lowest BCUT2D eigenvalue weighted by molar-refractivity contribution is -0.139. The van der Waals surface area contributed by atoms with Gasteiger partial charge in [0.25, 0.3) is 5.91 Å². The third kappa shape index (κ3) is 5.87. The lowest BCUT2D eigenvalue weighted by Crippen LogP contribution is -2.36. The van der Waals surface area contributed by atoms with Crippen LogP contribution >= 0.6 is 0 Å². The van der Waals surface area contributed by atoms with E-state index >= 15 is 0 Å². The van der Waals surface area contributed by atoms with E-state index in [0.29, 0.717) is 22.8 Å². The molecule has 1 aromatic heterocycles. The molecule has 0 aliphatic rings. The minimum Gasteiger partial charge on any atom is -0.479 e. The van der Waals surface area contributed by atoms with E-state index in [-0.39, 0.29) is 5.91 Å². The number of hydrogen-bond donors (Lipinski definition) is 3. The summed E-state index contributed by atoms with van der Waals surface area (Å²) >= 11 is 0. The highest BCUT2D eigenvalue weighted by Gasteiger charge is 2.06. The number of nitrogens with zero attached hydrogens (tertiary/aromatic N) is 1. The summed E-state index contributed by atoms with van der Waals surface area (Å²) in [5, 5.41) is 8.67. The fraction of sp³-hybridized carbons (Fsp3) is 0.118. The third-order valence-corrected chi connectivity index (χ3v) is 2.88. The molecule has 0 unspecified atom stereocenters. The molecule has 0 bridgehead atoms. The van der Waals surface area contributed by atoms with Crippen LogP contribution in [0.4, 0.5) is 0 Å². The Labute approximate surface area is 144 Å². The van der Waals surface area contributed by atoms with Gasteiger partial charge in [0, 0.05) is 18.0 Å². The first-order valence-corrected chi connectivity index (χ1v) is 7.29. The summed E-state index contributed by atoms with van der Waals surface area (Å²) in [6, 6.07) is 9.83. The van der Waals surface area contributed by atoms with Gasteiger partial charge in [0.05, 0.1) is 5.70 Å². The summed E-state index contributed by atoms with van der Waals surface area (Å²) in [5.41, 5.74) is 6.20. The number of para-hydroxylation sites is 2. The zero-order valence-electron chi connectivity index (χ0n) is 13.4. The number of carbonyl (C=O) groups excluding carboxylic acids is 1. The van der Waals surface area contributed by atoms with E-state index in [1.807, 2.05) is 0 Å². The second-order valence-electron chi connectivity index (χ2n) is 4.86. The zero-order valence-corrected chi connectivity index (χ0v) is 13.4. The number of pyridine rings is 1. The van der Waals surface area contributed by atoms with E-state index in [9.17, 15) is 9.59 Å². The lowest BCUT2D eigenvalue weighted by Gasteiger charge is -2.11. The standard InChI is InChI=1S/C17H17N3O5/c1-12(19-20-17(23)13-6-8-18-9-7-13)10-24-14-4-2-3-5-15(14)25-11-16(21)22/h2-10,19H,11H2,1H3,(H,20,23)(H,21,22)/b12-10-. The predicted octanol–water partition coefficient (Wildman–Crippen LogP) is 1.72. The number of aromatic nitrogens is 1. The number of carboxylic acids is 1. The molecule has 8 heteroatoms. The number of aliphatic carboxylic acids is 1. The Bertz CT molecular complexity index is 762. The summed E-state index contributed by atoms with van der Waals surface area (Å²) in [5.74, 6) is -0.748. The maximum absolute atomic E-state index is 11.9. The molecule has 1 heterocycles. The molecular weight excluding hydrogens is 326 g/mol. The molecule has 2 rings (SSSR count). The van der Waals surface area contributed by atoms with Gasteiger partial charge in [0.15, 0.2) is 18.1 Å². The molecule has 0 aliphatic heterocycles. The quantitative estimate of drug-likeness (QED) is 0.494. The van der Waals surface area contributed by atoms with Crippen LogP contribution in [-0.2, 0) is 4.79 Å². The molecule has 0 saturated heterocycles. The summed E-state index contributed by atoms with van der Waals surface area (Å²) < 4.78 is 10.6. The van der Waals surface area contributed by atoms with Gasteiger partial charge in [0.2, 0.25) is 0 Å². The Balaban J connectivity index is 1.91. The Kier molecular flexibility index (Phi) is 6.35. The van der Waals surface area contributed by atoms with Crippen LogP contribution in [0.2, 0.25) is 0 Å². The molecule has 0 radical (unpaired) electrons. The lowest BCUT2D eigenvalue weighted by atomic mass is 10.3. The largest absolute Gasteiger partial charge is 0.479 e. The predicted molar refractivity (Wildman–Crippen MR) is 88.8 cm³/mol. The molecule has 0 aliphatic carbocycles. The molecule has 1 amide bonds. The topological polar surface area (TPSA) is 110 Å². The van der Waals surface area contributed by atoms with Gasteiger partial charge in [-0.05, 0) is 31.2 Å². The monoisotopic (exact) mass is 343 g/mol. The number of rotatable bonds is 8. The van der Waals surface area contributed by atoms with Crippen molar-refractivity contribution in [3.8, 4) is 11.5 Å². The minimum atomic E-state index is -1.08. The molecule has 0 spiro atoms. The van der Waals surface area contributed by atoms with E-state index in [1.54, 1.807) is 43.3 Å². The van der Waals surface area contributed by atoms with Crippen LogP contribution in [0.25, 0.3) is 0 Å². The molecule has 0 fully saturated rings. The van der Waals surface area contributed by atoms with Crippen molar-refractivity contribution in [2.75, 3.05) is 6.61 Å². The Morgan fingerprint density at radius 3 is 2.48 bits per heavy atom. The van der Waals surface area contributed by atoms with Crippen LogP contribution in [-0.4, -0.2) is 28.6 Å². The highest BCUT2D eigenvalue weighted by Crippen LogP contribution is 2.26. The summed E-state index contributed by atoms with van der Waals surface area (Å²) in [4.78, 5) is 26.3. The number of carboxylic acid groups (broad SMARTS) is 1. The van der Waals surface area contributed by atoms with E-state index in [1.165, 1.54) is 18.7 Å². The summed E-state index contributed by atoms with van der Waals surface area (Å²) in [6.07, 6.45) is 4.42. The Morgan fingerprint density at radius 2 is 1.80 bits per heavy atom. The van der Waals surface area contributed by atoms with Gasteiger partial charge < -0.3 is 14.6 Å². The molecule has 0 saturated carbocycles. The number of hydrazine groups is 1. The van der Waals surface area contributed by atoms with Gasteiger partial charge in [-0.1, -0.05) is 12.1 Å². The second-order valence-corrected chi connectivity index (χ2v) is 4.86. The van der Waals surface area contributed by atoms with Gasteiger partial charge in [-0.2, -0.15) is 0 Å². The van der Waals surface area contributed by atoms with Crippen LogP contribution in [0.5, 0.6) is 11.5 Å². The van der Waals surface area contributed by atoms with Crippen molar-refractivity contribution in [3.05, 3.63) is 66.3 Å². The number of benzene rings is 1. The van der Waals surface area contributed by atoms with Crippen molar-refractivity contribution in [2.24, 2.45) is 0 Å². The van der Waals surface area contributed by atoms with Crippen molar-refractivity contribution in [1.82, 2.24) is 15.8 Å². The summed E-state index contributed by atoms with van der Waals surface area (Å²) in [6.45, 7) is 1.22.